The van der Waals surface area contributed by atoms with Gasteiger partial charge in [-0.05, 0) is 16.2 Å². The van der Waals surface area contributed by atoms with Gasteiger partial charge in [0.25, 0.3) is 0 Å². The van der Waals surface area contributed by atoms with E-state index in [2.05, 4.69) is 28.4 Å². The SMILES string of the molecule is N#Cc1c(=S)[nH]nc2c3ccccc3c3ccccc3c12. The van der Waals surface area contributed by atoms with Crippen LogP contribution in [0.25, 0.3) is 32.4 Å². The van der Waals surface area contributed by atoms with Crippen molar-refractivity contribution in [3.63, 3.8) is 0 Å². The van der Waals surface area contributed by atoms with E-state index in [1.54, 1.807) is 0 Å². The van der Waals surface area contributed by atoms with Crippen LogP contribution < -0.4 is 0 Å². The summed E-state index contributed by atoms with van der Waals surface area (Å²) in [4.78, 5) is 0. The number of aromatic nitrogens is 2. The Kier molecular flexibility index (Phi) is 2.50. The van der Waals surface area contributed by atoms with Crippen LogP contribution >= 0.6 is 12.2 Å². The van der Waals surface area contributed by atoms with Crippen LogP contribution in [-0.2, 0) is 0 Å². The molecule has 0 saturated heterocycles. The first-order valence-electron chi connectivity index (χ1n) is 6.53. The number of nitriles is 1. The van der Waals surface area contributed by atoms with E-state index < -0.39 is 0 Å². The summed E-state index contributed by atoms with van der Waals surface area (Å²) in [6.45, 7) is 0. The second kappa shape index (κ2) is 4.37. The molecule has 98 valence electrons. The first kappa shape index (κ1) is 12.0. The smallest absolute Gasteiger partial charge is 0.138 e. The molecular formula is C17H9N3S. The molecule has 0 amide bonds. The van der Waals surface area contributed by atoms with Crippen LogP contribution in [0.1, 0.15) is 5.56 Å². The predicted molar refractivity (Wildman–Crippen MR) is 86.7 cm³/mol. The standard InChI is InChI=1S/C17H9N3S/c18-9-14-15-12-7-3-1-5-10(12)11-6-2-4-8-13(11)16(15)19-20-17(14)21/h1-8H,(H,20,21). The first-order chi connectivity index (χ1) is 10.3. The maximum atomic E-state index is 9.48. The van der Waals surface area contributed by atoms with Crippen molar-refractivity contribution < 1.29 is 0 Å². The Labute approximate surface area is 125 Å². The average Bonchev–Trinajstić information content (AvgIpc) is 2.55. The molecule has 4 rings (SSSR count). The fourth-order valence-electron chi connectivity index (χ4n) is 2.87. The zero-order valence-electron chi connectivity index (χ0n) is 10.9. The summed E-state index contributed by atoms with van der Waals surface area (Å²) in [6.07, 6.45) is 0. The Hall–Kier alpha value is -2.77. The number of H-pyrrole nitrogens is 1. The van der Waals surface area contributed by atoms with Gasteiger partial charge in [0, 0.05) is 10.8 Å². The molecule has 0 fully saturated rings. The van der Waals surface area contributed by atoms with E-state index in [-0.39, 0.29) is 0 Å². The third kappa shape index (κ3) is 1.58. The average molecular weight is 287 g/mol. The van der Waals surface area contributed by atoms with Gasteiger partial charge in [-0.3, -0.25) is 5.10 Å². The summed E-state index contributed by atoms with van der Waals surface area (Å²) in [7, 11) is 0. The van der Waals surface area contributed by atoms with Crippen molar-refractivity contribution in [1.82, 2.24) is 10.2 Å². The zero-order chi connectivity index (χ0) is 14.4. The summed E-state index contributed by atoms with van der Waals surface area (Å²) in [6, 6.07) is 18.4. The minimum absolute atomic E-state index is 0.380. The summed E-state index contributed by atoms with van der Waals surface area (Å²) in [5.74, 6) is 0. The Morgan fingerprint density at radius 1 is 0.905 bits per heavy atom. The van der Waals surface area contributed by atoms with Crippen LogP contribution in [0.5, 0.6) is 0 Å². The van der Waals surface area contributed by atoms with Gasteiger partial charge in [0.05, 0.1) is 5.56 Å². The van der Waals surface area contributed by atoms with Gasteiger partial charge in [0.1, 0.15) is 16.2 Å². The lowest BCUT2D eigenvalue weighted by atomic mass is 9.96. The van der Waals surface area contributed by atoms with Gasteiger partial charge in [0.2, 0.25) is 0 Å². The number of rotatable bonds is 0. The molecule has 3 nitrogen and oxygen atoms in total. The van der Waals surface area contributed by atoms with Crippen LogP contribution in [-0.4, -0.2) is 10.2 Å². The van der Waals surface area contributed by atoms with Crippen LogP contribution in [0.15, 0.2) is 48.5 Å². The number of hydrogen-bond donors (Lipinski definition) is 1. The minimum Gasteiger partial charge on any atom is -0.266 e. The summed E-state index contributed by atoms with van der Waals surface area (Å²) in [5, 5.41) is 21.8. The van der Waals surface area contributed by atoms with Gasteiger partial charge in [-0.25, -0.2) is 0 Å². The molecule has 0 radical (unpaired) electrons. The predicted octanol–water partition coefficient (Wildman–Crippen LogP) is 4.47. The molecule has 1 aromatic heterocycles. The van der Waals surface area contributed by atoms with Crippen molar-refractivity contribution >= 4 is 44.7 Å². The zero-order valence-corrected chi connectivity index (χ0v) is 11.7. The molecule has 0 spiro atoms. The molecule has 4 heteroatoms. The summed E-state index contributed by atoms with van der Waals surface area (Å²) in [5.41, 5.74) is 1.27. The largest absolute Gasteiger partial charge is 0.266 e. The summed E-state index contributed by atoms with van der Waals surface area (Å²) >= 11 is 5.22. The number of benzene rings is 3. The topological polar surface area (TPSA) is 52.5 Å². The molecule has 0 saturated carbocycles. The third-order valence-corrected chi connectivity index (χ3v) is 4.06. The van der Waals surface area contributed by atoms with E-state index in [0.29, 0.717) is 10.2 Å². The highest BCUT2D eigenvalue weighted by atomic mass is 32.1. The highest BCUT2D eigenvalue weighted by Crippen LogP contribution is 2.34. The molecule has 0 unspecified atom stereocenters. The monoisotopic (exact) mass is 287 g/mol. The van der Waals surface area contributed by atoms with E-state index >= 15 is 0 Å². The van der Waals surface area contributed by atoms with Crippen LogP contribution in [0.4, 0.5) is 0 Å². The van der Waals surface area contributed by atoms with Gasteiger partial charge < -0.3 is 0 Å². The first-order valence-corrected chi connectivity index (χ1v) is 6.94. The molecule has 0 bridgehead atoms. The number of nitrogens with zero attached hydrogens (tertiary/aromatic N) is 2. The van der Waals surface area contributed by atoms with Gasteiger partial charge in [0.15, 0.2) is 0 Å². The van der Waals surface area contributed by atoms with Gasteiger partial charge >= 0.3 is 0 Å². The molecule has 4 aromatic rings. The highest BCUT2D eigenvalue weighted by molar-refractivity contribution is 7.71. The van der Waals surface area contributed by atoms with E-state index in [9.17, 15) is 5.26 Å². The van der Waals surface area contributed by atoms with Crippen LogP contribution in [0, 0.1) is 16.0 Å². The fourth-order valence-corrected chi connectivity index (χ4v) is 3.07. The van der Waals surface area contributed by atoms with Crippen molar-refractivity contribution in [2.45, 2.75) is 0 Å². The van der Waals surface area contributed by atoms with Gasteiger partial charge in [-0.1, -0.05) is 60.7 Å². The Morgan fingerprint density at radius 2 is 1.48 bits per heavy atom. The van der Waals surface area contributed by atoms with Gasteiger partial charge in [-0.15, -0.1) is 0 Å². The number of hydrogen-bond acceptors (Lipinski definition) is 3. The van der Waals surface area contributed by atoms with Crippen molar-refractivity contribution in [3.8, 4) is 6.07 Å². The maximum Gasteiger partial charge on any atom is 0.138 e. The quantitative estimate of drug-likeness (QED) is 0.383. The Balaban J connectivity index is 2.50. The molecule has 21 heavy (non-hydrogen) atoms. The summed E-state index contributed by atoms with van der Waals surface area (Å²) < 4.78 is 0.380. The van der Waals surface area contributed by atoms with Crippen LogP contribution in [0.2, 0.25) is 0 Å². The fraction of sp³-hybridized carbons (Fsp3) is 0. The number of nitrogens with one attached hydrogen (secondary N) is 1. The number of aromatic amines is 1. The van der Waals surface area contributed by atoms with Crippen molar-refractivity contribution in [2.24, 2.45) is 0 Å². The molecule has 1 heterocycles. The van der Waals surface area contributed by atoms with Gasteiger partial charge in [-0.2, -0.15) is 10.4 Å². The molecule has 0 aliphatic carbocycles. The third-order valence-electron chi connectivity index (χ3n) is 3.76. The second-order valence-electron chi connectivity index (χ2n) is 4.85. The van der Waals surface area contributed by atoms with E-state index in [1.165, 1.54) is 0 Å². The van der Waals surface area contributed by atoms with Crippen molar-refractivity contribution in [2.75, 3.05) is 0 Å². The van der Waals surface area contributed by atoms with Crippen molar-refractivity contribution in [3.05, 3.63) is 58.7 Å². The van der Waals surface area contributed by atoms with E-state index in [1.807, 2.05) is 36.4 Å². The molecule has 3 aromatic carbocycles. The molecule has 0 aliphatic heterocycles. The maximum absolute atomic E-state index is 9.48. The Morgan fingerprint density at radius 3 is 2.14 bits per heavy atom. The minimum atomic E-state index is 0.380. The molecule has 1 N–H and O–H groups in total. The Bertz CT molecular complexity index is 1080. The lowest BCUT2D eigenvalue weighted by Crippen LogP contribution is -1.93. The van der Waals surface area contributed by atoms with E-state index in [0.717, 1.165) is 32.4 Å². The van der Waals surface area contributed by atoms with Crippen LogP contribution in [0.3, 0.4) is 0 Å². The lowest BCUT2D eigenvalue weighted by Gasteiger charge is -2.10. The normalized spacial score (nSPS) is 11.0. The molecule has 0 aliphatic rings. The van der Waals surface area contributed by atoms with Crippen molar-refractivity contribution in [1.29, 1.82) is 5.26 Å². The molecule has 0 atom stereocenters. The van der Waals surface area contributed by atoms with E-state index in [4.69, 9.17) is 12.2 Å². The lowest BCUT2D eigenvalue weighted by molar-refractivity contribution is 1.06. The number of fused-ring (bicyclic) bond motifs is 6. The highest BCUT2D eigenvalue weighted by Gasteiger charge is 2.13. The molecular weight excluding hydrogens is 278 g/mol. The second-order valence-corrected chi connectivity index (χ2v) is 5.26.